The molecule has 0 aliphatic carbocycles. The van der Waals surface area contributed by atoms with Gasteiger partial charge in [-0.25, -0.2) is 8.42 Å². The van der Waals surface area contributed by atoms with Crippen LogP contribution in [0.1, 0.15) is 24.0 Å². The number of aryl methyl sites for hydroxylation is 2. The lowest BCUT2D eigenvalue weighted by atomic mass is 10.2. The van der Waals surface area contributed by atoms with E-state index in [1.54, 1.807) is 26.0 Å². The molecule has 1 amide bonds. The number of carboxylic acids is 1. The molecule has 1 atom stereocenters. The van der Waals surface area contributed by atoms with Gasteiger partial charge >= 0.3 is 5.97 Å². The molecular formula is C13H18N2O5S. The number of hydrogen-bond donors (Lipinski definition) is 3. The van der Waals surface area contributed by atoms with Crippen LogP contribution in [-0.4, -0.2) is 31.4 Å². The Bertz CT molecular complexity index is 655. The summed E-state index contributed by atoms with van der Waals surface area (Å²) in [5, 5.41) is 9.04. The van der Waals surface area contributed by atoms with Crippen LogP contribution in [0.2, 0.25) is 0 Å². The molecule has 0 radical (unpaired) electrons. The van der Waals surface area contributed by atoms with Gasteiger partial charge in [-0.05, 0) is 37.5 Å². The van der Waals surface area contributed by atoms with Gasteiger partial charge in [0.2, 0.25) is 15.9 Å². The van der Waals surface area contributed by atoms with Crippen LogP contribution in [0.25, 0.3) is 0 Å². The number of benzene rings is 1. The Hall–Kier alpha value is -1.93. The highest BCUT2D eigenvalue weighted by atomic mass is 32.2. The smallest absolute Gasteiger partial charge is 0.321 e. The first-order chi connectivity index (χ1) is 9.63. The molecule has 0 saturated heterocycles. The lowest BCUT2D eigenvalue weighted by Crippen LogP contribution is -2.41. The Morgan fingerprint density at radius 3 is 2.48 bits per heavy atom. The number of carboxylic acid groups (broad SMARTS) is 1. The molecule has 0 unspecified atom stereocenters. The monoisotopic (exact) mass is 314 g/mol. The summed E-state index contributed by atoms with van der Waals surface area (Å²) in [6.07, 6.45) is -0.416. The molecule has 1 rings (SSSR count). The van der Waals surface area contributed by atoms with Gasteiger partial charge in [0.15, 0.2) is 0 Å². The quantitative estimate of drug-likeness (QED) is 0.667. The number of carbonyl (C=O) groups is 2. The topological polar surface area (TPSA) is 127 Å². The SMILES string of the molecule is Cc1ccc(C)c(S(=O)(=O)N[C@@H](CCC(N)=O)C(=O)O)c1. The Morgan fingerprint density at radius 1 is 1.33 bits per heavy atom. The Balaban J connectivity index is 3.03. The molecular weight excluding hydrogens is 296 g/mol. The number of carbonyl (C=O) groups excluding carboxylic acids is 1. The van der Waals surface area contributed by atoms with Crippen LogP contribution in [0, 0.1) is 13.8 Å². The van der Waals surface area contributed by atoms with Crippen molar-refractivity contribution in [3.05, 3.63) is 29.3 Å². The zero-order valence-corrected chi connectivity index (χ0v) is 12.6. The zero-order chi connectivity index (χ0) is 16.2. The molecule has 0 aliphatic heterocycles. The van der Waals surface area contributed by atoms with Crippen LogP contribution in [-0.2, 0) is 19.6 Å². The highest BCUT2D eigenvalue weighted by Gasteiger charge is 2.26. The molecule has 0 bridgehead atoms. The van der Waals surface area contributed by atoms with E-state index in [0.29, 0.717) is 5.56 Å². The average Bonchev–Trinajstić information content (AvgIpc) is 2.36. The summed E-state index contributed by atoms with van der Waals surface area (Å²) in [5.41, 5.74) is 6.20. The maximum atomic E-state index is 12.3. The van der Waals surface area contributed by atoms with E-state index in [0.717, 1.165) is 5.56 Å². The first-order valence-electron chi connectivity index (χ1n) is 6.24. The number of aliphatic carboxylic acids is 1. The molecule has 21 heavy (non-hydrogen) atoms. The van der Waals surface area contributed by atoms with Crippen molar-refractivity contribution in [1.29, 1.82) is 0 Å². The van der Waals surface area contributed by atoms with Crippen LogP contribution in [0.4, 0.5) is 0 Å². The van der Waals surface area contributed by atoms with Crippen molar-refractivity contribution < 1.29 is 23.1 Å². The fourth-order valence-electron chi connectivity index (χ4n) is 1.77. The third kappa shape index (κ3) is 4.83. The van der Waals surface area contributed by atoms with Crippen molar-refractivity contribution in [2.45, 2.75) is 37.6 Å². The highest BCUT2D eigenvalue weighted by molar-refractivity contribution is 7.89. The Kier molecular flexibility index (Phi) is 5.45. The average molecular weight is 314 g/mol. The van der Waals surface area contributed by atoms with Crippen molar-refractivity contribution in [3.63, 3.8) is 0 Å². The predicted octanol–water partition coefficient (Wildman–Crippen LogP) is 0.300. The van der Waals surface area contributed by atoms with Crippen LogP contribution in [0.15, 0.2) is 23.1 Å². The third-order valence-corrected chi connectivity index (χ3v) is 4.52. The van der Waals surface area contributed by atoms with Gasteiger partial charge in [0.25, 0.3) is 0 Å². The lowest BCUT2D eigenvalue weighted by molar-refractivity contribution is -0.139. The van der Waals surface area contributed by atoms with Crippen molar-refractivity contribution in [2.75, 3.05) is 0 Å². The largest absolute Gasteiger partial charge is 0.480 e. The van der Waals surface area contributed by atoms with Crippen LogP contribution < -0.4 is 10.5 Å². The highest BCUT2D eigenvalue weighted by Crippen LogP contribution is 2.17. The molecule has 1 aromatic carbocycles. The summed E-state index contributed by atoms with van der Waals surface area (Å²) in [6, 6.07) is 3.46. The number of amides is 1. The van der Waals surface area contributed by atoms with E-state index in [4.69, 9.17) is 10.8 Å². The molecule has 1 aromatic rings. The van der Waals surface area contributed by atoms with Crippen molar-refractivity contribution in [3.8, 4) is 0 Å². The summed E-state index contributed by atoms with van der Waals surface area (Å²) < 4.78 is 26.6. The number of primary amides is 1. The van der Waals surface area contributed by atoms with Crippen molar-refractivity contribution in [2.24, 2.45) is 5.73 Å². The summed E-state index contributed by atoms with van der Waals surface area (Å²) in [5.74, 6) is -2.04. The first kappa shape index (κ1) is 17.1. The molecule has 0 fully saturated rings. The van der Waals surface area contributed by atoms with Gasteiger partial charge < -0.3 is 10.8 Å². The molecule has 0 spiro atoms. The van der Waals surface area contributed by atoms with Crippen molar-refractivity contribution >= 4 is 21.9 Å². The molecule has 4 N–H and O–H groups in total. The maximum absolute atomic E-state index is 12.3. The maximum Gasteiger partial charge on any atom is 0.321 e. The van der Waals surface area contributed by atoms with E-state index in [9.17, 15) is 18.0 Å². The standard InChI is InChI=1S/C13H18N2O5S/c1-8-3-4-9(2)11(7-8)21(19,20)15-10(13(17)18)5-6-12(14)16/h3-4,7,10,15H,5-6H2,1-2H3,(H2,14,16)(H,17,18)/t10-/m0/s1. The van der Waals surface area contributed by atoms with E-state index in [2.05, 4.69) is 4.72 Å². The third-order valence-electron chi connectivity index (χ3n) is 2.91. The Labute approximate surface area is 123 Å². The molecule has 8 heteroatoms. The van der Waals surface area contributed by atoms with Crippen LogP contribution in [0.3, 0.4) is 0 Å². The van der Waals surface area contributed by atoms with E-state index >= 15 is 0 Å². The molecule has 0 aromatic heterocycles. The van der Waals surface area contributed by atoms with Gasteiger partial charge in [-0.15, -0.1) is 0 Å². The lowest BCUT2D eigenvalue weighted by Gasteiger charge is -2.15. The fourth-order valence-corrected chi connectivity index (χ4v) is 3.32. The van der Waals surface area contributed by atoms with Gasteiger partial charge in [0, 0.05) is 6.42 Å². The second-order valence-corrected chi connectivity index (χ2v) is 6.47. The molecule has 7 nitrogen and oxygen atoms in total. The van der Waals surface area contributed by atoms with Gasteiger partial charge in [0.05, 0.1) is 4.90 Å². The summed E-state index contributed by atoms with van der Waals surface area (Å²) in [4.78, 5) is 21.8. The molecule has 116 valence electrons. The van der Waals surface area contributed by atoms with Crippen molar-refractivity contribution in [1.82, 2.24) is 4.72 Å². The predicted molar refractivity (Wildman–Crippen MR) is 76.1 cm³/mol. The molecule has 0 aliphatic rings. The number of sulfonamides is 1. The van der Waals surface area contributed by atoms with Gasteiger partial charge in [0.1, 0.15) is 6.04 Å². The molecule has 0 saturated carbocycles. The van der Waals surface area contributed by atoms with Crippen LogP contribution in [0.5, 0.6) is 0 Å². The zero-order valence-electron chi connectivity index (χ0n) is 11.8. The van der Waals surface area contributed by atoms with E-state index in [1.807, 2.05) is 0 Å². The van der Waals surface area contributed by atoms with E-state index in [-0.39, 0.29) is 17.7 Å². The molecule has 0 heterocycles. The normalized spacial score (nSPS) is 12.9. The fraction of sp³-hybridized carbons (Fsp3) is 0.385. The minimum absolute atomic E-state index is 0.0211. The minimum atomic E-state index is -3.99. The summed E-state index contributed by atoms with van der Waals surface area (Å²) in [7, 11) is -3.99. The number of nitrogens with two attached hydrogens (primary N) is 1. The number of rotatable bonds is 7. The number of hydrogen-bond acceptors (Lipinski definition) is 4. The van der Waals surface area contributed by atoms with E-state index < -0.39 is 27.9 Å². The van der Waals surface area contributed by atoms with Gasteiger partial charge in [-0.2, -0.15) is 4.72 Å². The number of nitrogens with one attached hydrogen (secondary N) is 1. The van der Waals surface area contributed by atoms with E-state index in [1.165, 1.54) is 6.07 Å². The minimum Gasteiger partial charge on any atom is -0.480 e. The Morgan fingerprint density at radius 2 is 1.95 bits per heavy atom. The second-order valence-electron chi connectivity index (χ2n) is 4.79. The summed E-state index contributed by atoms with van der Waals surface area (Å²) >= 11 is 0. The second kappa shape index (κ2) is 6.68. The van der Waals surface area contributed by atoms with Crippen LogP contribution >= 0.6 is 0 Å². The van der Waals surface area contributed by atoms with Gasteiger partial charge in [-0.3, -0.25) is 9.59 Å². The first-order valence-corrected chi connectivity index (χ1v) is 7.72. The summed E-state index contributed by atoms with van der Waals surface area (Å²) in [6.45, 7) is 3.35. The van der Waals surface area contributed by atoms with Gasteiger partial charge in [-0.1, -0.05) is 12.1 Å².